The zero-order valence-corrected chi connectivity index (χ0v) is 5.42. The molecule has 1 rings (SSSR count). The first-order chi connectivity index (χ1) is 4.43. The Labute approximate surface area is 55.0 Å². The highest BCUT2D eigenvalue weighted by molar-refractivity contribution is 4.65. The van der Waals surface area contributed by atoms with Crippen LogP contribution in [0.3, 0.4) is 0 Å². The number of aliphatic hydroxyl groups excluding tert-OH is 1. The maximum absolute atomic E-state index is 8.50. The monoisotopic (exact) mass is 130 g/mol. The Morgan fingerprint density at radius 2 is 2.56 bits per heavy atom. The van der Waals surface area contributed by atoms with E-state index in [0.29, 0.717) is 0 Å². The Hall–Kier alpha value is -0.120. The number of hydrogen-bond acceptors (Lipinski definition) is 2. The third-order valence-electron chi connectivity index (χ3n) is 1.39. The van der Waals surface area contributed by atoms with E-state index in [0.717, 1.165) is 26.1 Å². The second-order valence-corrected chi connectivity index (χ2v) is 2.13. The van der Waals surface area contributed by atoms with Gasteiger partial charge in [-0.15, -0.1) is 0 Å². The zero-order valence-electron chi connectivity index (χ0n) is 5.42. The fraction of sp³-hybridized carbons (Fsp3) is 1.00. The van der Waals surface area contributed by atoms with E-state index in [2.05, 4.69) is 5.32 Å². The molecule has 3 heteroatoms. The van der Waals surface area contributed by atoms with Gasteiger partial charge in [0.2, 0.25) is 0 Å². The molecule has 3 nitrogen and oxygen atoms in total. The van der Waals surface area contributed by atoms with E-state index >= 15 is 0 Å². The standard InChI is InChI=1S/C6H12NO2/c8-3-1-6-5-7-2-4-9-6/h6,8H,1-5H2. The maximum atomic E-state index is 8.50. The van der Waals surface area contributed by atoms with Crippen molar-refractivity contribution < 1.29 is 9.84 Å². The Balaban J connectivity index is 2.08. The molecule has 0 aromatic carbocycles. The number of morpholine rings is 1. The van der Waals surface area contributed by atoms with Gasteiger partial charge >= 0.3 is 0 Å². The minimum atomic E-state index is 0.184. The van der Waals surface area contributed by atoms with Crippen LogP contribution in [0.15, 0.2) is 0 Å². The first kappa shape index (κ1) is 6.99. The normalized spacial score (nSPS) is 28.3. The van der Waals surface area contributed by atoms with Crippen molar-refractivity contribution in [2.75, 3.05) is 26.3 Å². The Kier molecular flexibility index (Phi) is 2.97. The summed E-state index contributed by atoms with van der Waals surface area (Å²) < 4.78 is 5.26. The van der Waals surface area contributed by atoms with Gasteiger partial charge in [0.15, 0.2) is 0 Å². The molecule has 0 aliphatic carbocycles. The van der Waals surface area contributed by atoms with Crippen LogP contribution in [0.25, 0.3) is 0 Å². The summed E-state index contributed by atoms with van der Waals surface area (Å²) in [6.07, 6.45) is 0.910. The molecule has 1 unspecified atom stereocenters. The van der Waals surface area contributed by atoms with Gasteiger partial charge in [-0.3, -0.25) is 0 Å². The van der Waals surface area contributed by atoms with Gasteiger partial charge in [0.25, 0.3) is 0 Å². The smallest absolute Gasteiger partial charge is 0.0738 e. The molecule has 1 heterocycles. The molecule has 0 bridgehead atoms. The number of nitrogens with zero attached hydrogens (tertiary/aromatic N) is 1. The van der Waals surface area contributed by atoms with Crippen LogP contribution in [0.4, 0.5) is 0 Å². The van der Waals surface area contributed by atoms with Crippen LogP contribution in [-0.2, 0) is 4.74 Å². The minimum Gasteiger partial charge on any atom is -0.396 e. The molecular weight excluding hydrogens is 118 g/mol. The van der Waals surface area contributed by atoms with Gasteiger partial charge in [0.05, 0.1) is 12.7 Å². The van der Waals surface area contributed by atoms with Crippen LogP contribution < -0.4 is 5.32 Å². The van der Waals surface area contributed by atoms with Crippen molar-refractivity contribution in [2.24, 2.45) is 0 Å². The van der Waals surface area contributed by atoms with Crippen molar-refractivity contribution in [3.05, 3.63) is 0 Å². The molecule has 1 fully saturated rings. The van der Waals surface area contributed by atoms with Crippen molar-refractivity contribution in [2.45, 2.75) is 12.5 Å². The average Bonchev–Trinajstić information content (AvgIpc) is 1.91. The highest BCUT2D eigenvalue weighted by Crippen LogP contribution is 2.00. The number of ether oxygens (including phenoxy) is 1. The molecule has 1 saturated heterocycles. The van der Waals surface area contributed by atoms with Crippen LogP contribution in [0.5, 0.6) is 0 Å². The van der Waals surface area contributed by atoms with Crippen molar-refractivity contribution in [1.29, 1.82) is 0 Å². The SMILES string of the molecule is OCCC1C[N]CCO1. The molecule has 53 valence electrons. The molecule has 0 saturated carbocycles. The van der Waals surface area contributed by atoms with E-state index in [1.807, 2.05) is 0 Å². The lowest BCUT2D eigenvalue weighted by Crippen LogP contribution is -2.34. The fourth-order valence-corrected chi connectivity index (χ4v) is 0.891. The van der Waals surface area contributed by atoms with Gasteiger partial charge in [-0.25, -0.2) is 5.32 Å². The lowest BCUT2D eigenvalue weighted by Gasteiger charge is -2.21. The van der Waals surface area contributed by atoms with E-state index in [-0.39, 0.29) is 12.7 Å². The predicted molar refractivity (Wildman–Crippen MR) is 33.3 cm³/mol. The second-order valence-electron chi connectivity index (χ2n) is 2.13. The second kappa shape index (κ2) is 3.82. The van der Waals surface area contributed by atoms with E-state index in [1.165, 1.54) is 0 Å². The first-order valence-electron chi connectivity index (χ1n) is 3.29. The van der Waals surface area contributed by atoms with E-state index in [1.54, 1.807) is 0 Å². The molecule has 0 aromatic rings. The van der Waals surface area contributed by atoms with Crippen molar-refractivity contribution >= 4 is 0 Å². The van der Waals surface area contributed by atoms with Crippen LogP contribution in [-0.4, -0.2) is 37.5 Å². The largest absolute Gasteiger partial charge is 0.396 e. The zero-order chi connectivity index (χ0) is 6.53. The van der Waals surface area contributed by atoms with Gasteiger partial charge < -0.3 is 9.84 Å². The molecule has 1 aliphatic rings. The lowest BCUT2D eigenvalue weighted by molar-refractivity contribution is 0.0124. The fourth-order valence-electron chi connectivity index (χ4n) is 0.891. The van der Waals surface area contributed by atoms with Crippen molar-refractivity contribution in [3.63, 3.8) is 0 Å². The molecule has 1 aliphatic heterocycles. The summed E-state index contributed by atoms with van der Waals surface area (Å²) in [5, 5.41) is 12.6. The molecular formula is C6H12NO2. The van der Waals surface area contributed by atoms with Gasteiger partial charge in [-0.1, -0.05) is 0 Å². The highest BCUT2D eigenvalue weighted by Gasteiger charge is 2.12. The molecule has 1 N–H and O–H groups in total. The Bertz CT molecular complexity index is 68.7. The van der Waals surface area contributed by atoms with Gasteiger partial charge in [0, 0.05) is 19.7 Å². The summed E-state index contributed by atoms with van der Waals surface area (Å²) in [5.74, 6) is 0. The summed E-state index contributed by atoms with van der Waals surface area (Å²) >= 11 is 0. The van der Waals surface area contributed by atoms with Crippen LogP contribution in [0.1, 0.15) is 6.42 Å². The molecule has 1 radical (unpaired) electrons. The third kappa shape index (κ3) is 2.30. The Morgan fingerprint density at radius 1 is 1.67 bits per heavy atom. The maximum Gasteiger partial charge on any atom is 0.0738 e. The topological polar surface area (TPSA) is 43.6 Å². The molecule has 1 atom stereocenters. The lowest BCUT2D eigenvalue weighted by atomic mass is 10.2. The van der Waals surface area contributed by atoms with E-state index < -0.39 is 0 Å². The number of aliphatic hydroxyl groups is 1. The Morgan fingerprint density at radius 3 is 3.11 bits per heavy atom. The van der Waals surface area contributed by atoms with Gasteiger partial charge in [-0.2, -0.15) is 0 Å². The summed E-state index contributed by atoms with van der Waals surface area (Å²) in [5.41, 5.74) is 0. The molecule has 0 aromatic heterocycles. The van der Waals surface area contributed by atoms with Crippen LogP contribution in [0.2, 0.25) is 0 Å². The molecule has 0 spiro atoms. The van der Waals surface area contributed by atoms with Gasteiger partial charge in [-0.05, 0) is 6.42 Å². The van der Waals surface area contributed by atoms with E-state index in [4.69, 9.17) is 9.84 Å². The van der Waals surface area contributed by atoms with Crippen molar-refractivity contribution in [1.82, 2.24) is 5.32 Å². The number of rotatable bonds is 2. The summed E-state index contributed by atoms with van der Waals surface area (Å²) in [6, 6.07) is 0. The summed E-state index contributed by atoms with van der Waals surface area (Å²) in [4.78, 5) is 0. The highest BCUT2D eigenvalue weighted by atomic mass is 16.5. The van der Waals surface area contributed by atoms with E-state index in [9.17, 15) is 0 Å². The predicted octanol–water partition coefficient (Wildman–Crippen LogP) is -0.628. The van der Waals surface area contributed by atoms with Crippen molar-refractivity contribution in [3.8, 4) is 0 Å². The summed E-state index contributed by atoms with van der Waals surface area (Å²) in [7, 11) is 0. The quantitative estimate of drug-likeness (QED) is 0.541. The third-order valence-corrected chi connectivity index (χ3v) is 1.39. The number of hydrogen-bond donors (Lipinski definition) is 1. The molecule has 0 amide bonds. The summed E-state index contributed by atoms with van der Waals surface area (Å²) in [6.45, 7) is 2.52. The van der Waals surface area contributed by atoms with Crippen LogP contribution >= 0.6 is 0 Å². The first-order valence-corrected chi connectivity index (χ1v) is 3.29. The molecule has 9 heavy (non-hydrogen) atoms. The average molecular weight is 130 g/mol. The van der Waals surface area contributed by atoms with Crippen LogP contribution in [0, 0.1) is 0 Å². The minimum absolute atomic E-state index is 0.184. The van der Waals surface area contributed by atoms with Gasteiger partial charge in [0.1, 0.15) is 0 Å².